The van der Waals surface area contributed by atoms with E-state index in [1.165, 1.54) is 5.56 Å². The van der Waals surface area contributed by atoms with Gasteiger partial charge in [-0.05, 0) is 47.3 Å². The summed E-state index contributed by atoms with van der Waals surface area (Å²) in [5, 5.41) is 0. The molecular weight excluding hydrogens is 552 g/mol. The Balaban J connectivity index is 1.24. The van der Waals surface area contributed by atoms with E-state index in [1.54, 1.807) is 0 Å². The Morgan fingerprint density at radius 2 is 0.932 bits per heavy atom. The van der Waals surface area contributed by atoms with Gasteiger partial charge in [-0.3, -0.25) is 0 Å². The lowest BCUT2D eigenvalue weighted by Crippen LogP contribution is -2.57. The second kappa shape index (κ2) is 16.1. The van der Waals surface area contributed by atoms with Crippen LogP contribution in [-0.2, 0) is 48.2 Å². The summed E-state index contributed by atoms with van der Waals surface area (Å²) >= 11 is 0. The summed E-state index contributed by atoms with van der Waals surface area (Å²) in [4.78, 5) is 0. The van der Waals surface area contributed by atoms with Crippen molar-refractivity contribution in [1.82, 2.24) is 0 Å². The first kappa shape index (κ1) is 32.8. The van der Waals surface area contributed by atoms with Crippen molar-refractivity contribution in [1.29, 1.82) is 0 Å². The van der Waals surface area contributed by atoms with Crippen molar-refractivity contribution < 1.29 is 28.4 Å². The monoisotopic (exact) mass is 602 g/mol. The van der Waals surface area contributed by atoms with Crippen LogP contribution in [-0.4, -0.2) is 50.0 Å². The molecule has 0 N–H and O–H groups in total. The second-order valence-electron chi connectivity index (χ2n) is 12.7. The lowest BCUT2D eigenvalue weighted by atomic mass is 9.81. The molecule has 2 heterocycles. The predicted octanol–water partition coefficient (Wildman–Crippen LogP) is 7.45. The summed E-state index contributed by atoms with van der Waals surface area (Å²) in [5.41, 5.74) is 3.45. The topological polar surface area (TPSA) is 55.4 Å². The van der Waals surface area contributed by atoms with Crippen LogP contribution in [0.3, 0.4) is 0 Å². The Bertz CT molecular complexity index is 1220. The Labute approximate surface area is 264 Å². The maximum atomic E-state index is 6.90. The van der Waals surface area contributed by atoms with Crippen molar-refractivity contribution in [3.8, 4) is 0 Å². The minimum Gasteiger partial charge on any atom is -0.374 e. The third-order valence-electron chi connectivity index (χ3n) is 9.66. The molecular formula is C38H50O6. The minimum absolute atomic E-state index is 0.000884. The van der Waals surface area contributed by atoms with Gasteiger partial charge in [0, 0.05) is 0 Å². The molecule has 3 aromatic carbocycles. The fraction of sp³-hybridized carbons (Fsp3) is 0.526. The molecule has 6 heteroatoms. The summed E-state index contributed by atoms with van der Waals surface area (Å²) in [5.74, 6) is 0.925. The van der Waals surface area contributed by atoms with Crippen molar-refractivity contribution in [3.05, 3.63) is 108 Å². The molecule has 0 aromatic heterocycles. The van der Waals surface area contributed by atoms with Gasteiger partial charge >= 0.3 is 0 Å². The molecule has 10 atom stereocenters. The number of hydrogen-bond acceptors (Lipinski definition) is 6. The molecule has 0 radical (unpaired) electrons. The normalized spacial score (nSPS) is 32.4. The molecule has 2 aliphatic rings. The van der Waals surface area contributed by atoms with Crippen LogP contribution in [0.1, 0.15) is 51.3 Å². The van der Waals surface area contributed by atoms with Gasteiger partial charge in [-0.15, -0.1) is 0 Å². The molecule has 0 bridgehead atoms. The van der Waals surface area contributed by atoms with Gasteiger partial charge in [-0.2, -0.15) is 0 Å². The first-order valence-corrected chi connectivity index (χ1v) is 16.3. The molecule has 0 saturated carbocycles. The van der Waals surface area contributed by atoms with E-state index in [0.29, 0.717) is 33.0 Å². The van der Waals surface area contributed by atoms with E-state index >= 15 is 0 Å². The molecule has 0 aliphatic carbocycles. The Kier molecular flexibility index (Phi) is 12.0. The standard InChI is InChI=1S/C38H50O6/c1-26-28(3)36(30(5)42-34(26)24-39-21-31-15-9-6-10-16-31)44-38-37(41-23-33-19-13-8-14-20-33)29(4)27(2)35(43-38)25-40-22-32-17-11-7-12-18-32/h6-20,26-30,34-38H,21-25H2,1-5H3/t26-,27-,28-,29-,30+,34?,35?,36?,37?,38+/m0/s1. The van der Waals surface area contributed by atoms with E-state index < -0.39 is 6.29 Å². The van der Waals surface area contributed by atoms with Crippen LogP contribution in [0.2, 0.25) is 0 Å². The van der Waals surface area contributed by atoms with Gasteiger partial charge in [0.15, 0.2) is 6.29 Å². The zero-order chi connectivity index (χ0) is 30.9. The number of rotatable bonds is 13. The highest BCUT2D eigenvalue weighted by atomic mass is 16.7. The largest absolute Gasteiger partial charge is 0.374 e. The Morgan fingerprint density at radius 1 is 0.500 bits per heavy atom. The SMILES string of the molecule is C[C@@H]1C(COCc2ccccc2)O[C@H](OC2[C@@H](C)[C@H](C)C(COCc3ccccc3)O[C@@H]2C)C(OCc2ccccc2)[C@H]1C. The Morgan fingerprint density at radius 3 is 1.43 bits per heavy atom. The summed E-state index contributed by atoms with van der Waals surface area (Å²) in [6.45, 7) is 13.8. The summed E-state index contributed by atoms with van der Waals surface area (Å²) in [6, 6.07) is 30.8. The van der Waals surface area contributed by atoms with Crippen molar-refractivity contribution >= 4 is 0 Å². The van der Waals surface area contributed by atoms with Crippen molar-refractivity contribution in [2.24, 2.45) is 23.7 Å². The quantitative estimate of drug-likeness (QED) is 0.203. The molecule has 0 amide bonds. The van der Waals surface area contributed by atoms with Gasteiger partial charge in [-0.25, -0.2) is 0 Å². The molecule has 2 saturated heterocycles. The molecule has 2 fully saturated rings. The highest BCUT2D eigenvalue weighted by Crippen LogP contribution is 2.39. The summed E-state index contributed by atoms with van der Waals surface area (Å²) in [7, 11) is 0. The lowest BCUT2D eigenvalue weighted by Gasteiger charge is -2.49. The van der Waals surface area contributed by atoms with Crippen molar-refractivity contribution in [2.45, 2.75) is 91.2 Å². The molecule has 3 aromatic rings. The van der Waals surface area contributed by atoms with Crippen LogP contribution >= 0.6 is 0 Å². The van der Waals surface area contributed by atoms with Gasteiger partial charge in [-0.1, -0.05) is 119 Å². The minimum atomic E-state index is -0.535. The molecule has 2 aliphatic heterocycles. The van der Waals surface area contributed by atoms with Gasteiger partial charge in [0.2, 0.25) is 0 Å². The molecule has 0 spiro atoms. The van der Waals surface area contributed by atoms with Crippen LogP contribution in [0, 0.1) is 23.7 Å². The van der Waals surface area contributed by atoms with Crippen LogP contribution in [0.5, 0.6) is 0 Å². The molecule has 6 nitrogen and oxygen atoms in total. The summed E-state index contributed by atoms with van der Waals surface area (Å²) in [6.07, 6.45) is -1.13. The van der Waals surface area contributed by atoms with E-state index in [9.17, 15) is 0 Å². The zero-order valence-corrected chi connectivity index (χ0v) is 26.9. The average Bonchev–Trinajstić information content (AvgIpc) is 3.05. The van der Waals surface area contributed by atoms with E-state index in [-0.39, 0.29) is 54.2 Å². The van der Waals surface area contributed by atoms with Crippen LogP contribution in [0.25, 0.3) is 0 Å². The fourth-order valence-corrected chi connectivity index (χ4v) is 6.41. The number of hydrogen-bond donors (Lipinski definition) is 0. The first-order valence-electron chi connectivity index (χ1n) is 16.3. The summed E-state index contributed by atoms with van der Waals surface area (Å²) < 4.78 is 39.0. The average molecular weight is 603 g/mol. The fourth-order valence-electron chi connectivity index (χ4n) is 6.41. The maximum absolute atomic E-state index is 6.90. The maximum Gasteiger partial charge on any atom is 0.184 e. The predicted molar refractivity (Wildman–Crippen MR) is 172 cm³/mol. The van der Waals surface area contributed by atoms with Gasteiger partial charge < -0.3 is 28.4 Å². The van der Waals surface area contributed by atoms with Crippen LogP contribution in [0.4, 0.5) is 0 Å². The highest BCUT2D eigenvalue weighted by molar-refractivity contribution is 5.15. The van der Waals surface area contributed by atoms with Gasteiger partial charge in [0.05, 0.1) is 57.5 Å². The molecule has 5 rings (SSSR count). The van der Waals surface area contributed by atoms with Crippen LogP contribution in [0.15, 0.2) is 91.0 Å². The van der Waals surface area contributed by atoms with E-state index in [1.807, 2.05) is 54.6 Å². The van der Waals surface area contributed by atoms with E-state index in [4.69, 9.17) is 28.4 Å². The third kappa shape index (κ3) is 8.57. The third-order valence-corrected chi connectivity index (χ3v) is 9.66. The van der Waals surface area contributed by atoms with Gasteiger partial charge in [0.25, 0.3) is 0 Å². The molecule has 44 heavy (non-hydrogen) atoms. The zero-order valence-electron chi connectivity index (χ0n) is 26.9. The van der Waals surface area contributed by atoms with Crippen molar-refractivity contribution in [2.75, 3.05) is 13.2 Å². The number of ether oxygens (including phenoxy) is 6. The Hall–Kier alpha value is -2.58. The second-order valence-corrected chi connectivity index (χ2v) is 12.7. The molecule has 4 unspecified atom stereocenters. The van der Waals surface area contributed by atoms with Gasteiger partial charge in [0.1, 0.15) is 6.10 Å². The van der Waals surface area contributed by atoms with E-state index in [2.05, 4.69) is 71.0 Å². The lowest BCUT2D eigenvalue weighted by molar-refractivity contribution is -0.325. The first-order chi connectivity index (χ1) is 21.4. The van der Waals surface area contributed by atoms with Crippen LogP contribution < -0.4 is 0 Å². The van der Waals surface area contributed by atoms with Crippen molar-refractivity contribution in [3.63, 3.8) is 0 Å². The molecule has 238 valence electrons. The van der Waals surface area contributed by atoms with E-state index in [0.717, 1.165) is 11.1 Å². The number of benzene rings is 3. The smallest absolute Gasteiger partial charge is 0.184 e. The highest BCUT2D eigenvalue weighted by Gasteiger charge is 2.47.